The largest absolute Gasteiger partial charge is 0.308 e. The first-order valence-corrected chi connectivity index (χ1v) is 6.29. The molecular formula is C12H10Cl2N4O. The fraction of sp³-hybridized carbons (Fsp3) is 0.167. The van der Waals surface area contributed by atoms with E-state index in [1.54, 1.807) is 29.4 Å². The van der Waals surface area contributed by atoms with Crippen molar-refractivity contribution in [1.29, 1.82) is 0 Å². The molecule has 0 aliphatic heterocycles. The molecule has 0 fully saturated rings. The van der Waals surface area contributed by atoms with Gasteiger partial charge in [-0.3, -0.25) is 9.78 Å². The van der Waals surface area contributed by atoms with Crippen LogP contribution in [0.3, 0.4) is 0 Å². The van der Waals surface area contributed by atoms with Crippen LogP contribution in [0.2, 0.25) is 10.3 Å². The van der Waals surface area contributed by atoms with Crippen molar-refractivity contribution in [2.75, 3.05) is 11.4 Å². The molecule has 0 bridgehead atoms. The Bertz CT molecular complexity index is 592. The third kappa shape index (κ3) is 3.00. The van der Waals surface area contributed by atoms with Crippen molar-refractivity contribution in [3.63, 3.8) is 0 Å². The summed E-state index contributed by atoms with van der Waals surface area (Å²) in [5.41, 5.74) is 0.951. The van der Waals surface area contributed by atoms with Gasteiger partial charge in [-0.25, -0.2) is 0 Å². The molecule has 0 spiro atoms. The Labute approximate surface area is 120 Å². The Morgan fingerprint density at radius 1 is 1.26 bits per heavy atom. The summed E-state index contributed by atoms with van der Waals surface area (Å²) in [6.07, 6.45) is 3.23. The summed E-state index contributed by atoms with van der Waals surface area (Å²) in [6, 6.07) is 4.89. The number of carbonyl (C=O) groups excluding carboxylic acids is 1. The first-order chi connectivity index (χ1) is 9.13. The van der Waals surface area contributed by atoms with Gasteiger partial charge in [-0.15, -0.1) is 10.2 Å². The number of nitrogens with zero attached hydrogens (tertiary/aromatic N) is 4. The van der Waals surface area contributed by atoms with Crippen LogP contribution in [0.4, 0.5) is 5.69 Å². The number of hydrogen-bond donors (Lipinski definition) is 0. The number of amides is 1. The molecule has 0 N–H and O–H groups in total. The molecule has 2 heterocycles. The highest BCUT2D eigenvalue weighted by molar-refractivity contribution is 6.34. The number of anilines is 1. The average molecular weight is 297 g/mol. The first kappa shape index (κ1) is 13.7. The highest BCUT2D eigenvalue weighted by Crippen LogP contribution is 2.21. The molecule has 2 aromatic rings. The Balaban J connectivity index is 2.39. The molecule has 0 saturated heterocycles. The van der Waals surface area contributed by atoms with Gasteiger partial charge in [0.1, 0.15) is 0 Å². The fourth-order valence-corrected chi connectivity index (χ4v) is 1.94. The Hall–Kier alpha value is -1.72. The number of rotatable bonds is 3. The molecule has 0 unspecified atom stereocenters. The van der Waals surface area contributed by atoms with Crippen LogP contribution >= 0.6 is 23.2 Å². The summed E-state index contributed by atoms with van der Waals surface area (Å²) in [5.74, 6) is -0.282. The number of aromatic nitrogens is 3. The molecule has 0 saturated carbocycles. The number of carbonyl (C=O) groups is 1. The second-order valence-corrected chi connectivity index (χ2v) is 4.37. The zero-order valence-corrected chi connectivity index (χ0v) is 11.6. The van der Waals surface area contributed by atoms with Gasteiger partial charge < -0.3 is 4.90 Å². The maximum absolute atomic E-state index is 12.4. The monoisotopic (exact) mass is 296 g/mol. The third-order valence-electron chi connectivity index (χ3n) is 2.49. The maximum Gasteiger partial charge on any atom is 0.261 e. The van der Waals surface area contributed by atoms with Crippen LogP contribution in [0.25, 0.3) is 0 Å². The van der Waals surface area contributed by atoms with Crippen LogP contribution in [0.5, 0.6) is 0 Å². The Morgan fingerprint density at radius 3 is 2.58 bits per heavy atom. The van der Waals surface area contributed by atoms with Gasteiger partial charge in [-0.1, -0.05) is 23.2 Å². The summed E-state index contributed by atoms with van der Waals surface area (Å²) in [6.45, 7) is 2.35. The van der Waals surface area contributed by atoms with E-state index in [-0.39, 0.29) is 21.8 Å². The molecule has 2 aromatic heterocycles. The normalized spacial score (nSPS) is 10.3. The maximum atomic E-state index is 12.4. The van der Waals surface area contributed by atoms with Gasteiger partial charge in [0.05, 0.1) is 5.56 Å². The molecular weight excluding hydrogens is 287 g/mol. The molecule has 5 nitrogen and oxygen atoms in total. The zero-order valence-electron chi connectivity index (χ0n) is 10.0. The average Bonchev–Trinajstić information content (AvgIpc) is 2.43. The lowest BCUT2D eigenvalue weighted by atomic mass is 10.2. The minimum atomic E-state index is -0.282. The van der Waals surface area contributed by atoms with E-state index in [1.165, 1.54) is 6.07 Å². The highest BCUT2D eigenvalue weighted by atomic mass is 35.5. The van der Waals surface area contributed by atoms with Crippen molar-refractivity contribution >= 4 is 34.8 Å². The lowest BCUT2D eigenvalue weighted by Gasteiger charge is -2.21. The Morgan fingerprint density at radius 2 is 1.95 bits per heavy atom. The smallest absolute Gasteiger partial charge is 0.261 e. The van der Waals surface area contributed by atoms with Gasteiger partial charge in [-0.05, 0) is 25.1 Å². The van der Waals surface area contributed by atoms with Crippen molar-refractivity contribution in [3.05, 3.63) is 46.5 Å². The first-order valence-electron chi connectivity index (χ1n) is 5.54. The van der Waals surface area contributed by atoms with E-state index in [9.17, 15) is 4.79 Å². The summed E-state index contributed by atoms with van der Waals surface area (Å²) >= 11 is 11.6. The minimum Gasteiger partial charge on any atom is -0.308 e. The van der Waals surface area contributed by atoms with E-state index < -0.39 is 0 Å². The van der Waals surface area contributed by atoms with Crippen molar-refractivity contribution in [2.45, 2.75) is 6.92 Å². The topological polar surface area (TPSA) is 59.0 Å². The molecule has 0 aromatic carbocycles. The van der Waals surface area contributed by atoms with Gasteiger partial charge in [0.2, 0.25) is 0 Å². The molecule has 0 atom stereocenters. The quantitative estimate of drug-likeness (QED) is 0.874. The summed E-state index contributed by atoms with van der Waals surface area (Å²) < 4.78 is 0. The van der Waals surface area contributed by atoms with Gasteiger partial charge in [-0.2, -0.15) is 0 Å². The van der Waals surface area contributed by atoms with Crippen LogP contribution < -0.4 is 4.90 Å². The molecule has 0 aliphatic rings. The van der Waals surface area contributed by atoms with Gasteiger partial charge in [0.25, 0.3) is 5.91 Å². The SMILES string of the molecule is CCN(C(=O)c1cc(Cl)nnc1Cl)c1ccncc1. The second-order valence-electron chi connectivity index (χ2n) is 3.63. The fourth-order valence-electron chi connectivity index (χ4n) is 1.62. The van der Waals surface area contributed by atoms with E-state index >= 15 is 0 Å². The number of hydrogen-bond acceptors (Lipinski definition) is 4. The van der Waals surface area contributed by atoms with Crippen LogP contribution in [0.1, 0.15) is 17.3 Å². The van der Waals surface area contributed by atoms with Crippen molar-refractivity contribution in [3.8, 4) is 0 Å². The van der Waals surface area contributed by atoms with Crippen LogP contribution in [-0.2, 0) is 0 Å². The van der Waals surface area contributed by atoms with Gasteiger partial charge in [0, 0.05) is 24.6 Å². The van der Waals surface area contributed by atoms with Crippen molar-refractivity contribution in [2.24, 2.45) is 0 Å². The van der Waals surface area contributed by atoms with Gasteiger partial charge >= 0.3 is 0 Å². The Kier molecular flexibility index (Phi) is 4.29. The van der Waals surface area contributed by atoms with E-state index in [1.807, 2.05) is 6.92 Å². The van der Waals surface area contributed by atoms with Crippen LogP contribution in [-0.4, -0.2) is 27.6 Å². The van der Waals surface area contributed by atoms with Crippen molar-refractivity contribution < 1.29 is 4.79 Å². The molecule has 98 valence electrons. The summed E-state index contributed by atoms with van der Waals surface area (Å²) in [5, 5.41) is 7.37. The summed E-state index contributed by atoms with van der Waals surface area (Å²) in [7, 11) is 0. The second kappa shape index (κ2) is 5.95. The zero-order chi connectivity index (χ0) is 13.8. The van der Waals surface area contributed by atoms with E-state index in [0.29, 0.717) is 6.54 Å². The predicted octanol–water partition coefficient (Wildman–Crippen LogP) is 2.85. The molecule has 0 aliphatic carbocycles. The molecule has 19 heavy (non-hydrogen) atoms. The minimum absolute atomic E-state index is 0.0295. The van der Waals surface area contributed by atoms with Crippen LogP contribution in [0, 0.1) is 0 Å². The molecule has 1 amide bonds. The van der Waals surface area contributed by atoms with Crippen LogP contribution in [0.15, 0.2) is 30.6 Å². The van der Waals surface area contributed by atoms with E-state index in [0.717, 1.165) is 5.69 Å². The number of halogens is 2. The summed E-state index contributed by atoms with van der Waals surface area (Å²) in [4.78, 5) is 17.9. The van der Waals surface area contributed by atoms with Crippen molar-refractivity contribution in [1.82, 2.24) is 15.2 Å². The van der Waals surface area contributed by atoms with Gasteiger partial charge in [0.15, 0.2) is 10.3 Å². The highest BCUT2D eigenvalue weighted by Gasteiger charge is 2.20. The lowest BCUT2D eigenvalue weighted by Crippen LogP contribution is -2.31. The predicted molar refractivity (Wildman–Crippen MR) is 73.6 cm³/mol. The number of pyridine rings is 1. The molecule has 7 heteroatoms. The molecule has 2 rings (SSSR count). The standard InChI is InChI=1S/C12H10Cl2N4O/c1-2-18(8-3-5-15-6-4-8)12(19)9-7-10(13)16-17-11(9)14/h3-7H,2H2,1H3. The lowest BCUT2D eigenvalue weighted by molar-refractivity contribution is 0.0988. The van der Waals surface area contributed by atoms with E-state index in [2.05, 4.69) is 15.2 Å². The third-order valence-corrected chi connectivity index (χ3v) is 2.95. The molecule has 0 radical (unpaired) electrons. The van der Waals surface area contributed by atoms with E-state index in [4.69, 9.17) is 23.2 Å².